The number of para-hydroxylation sites is 1. The Labute approximate surface area is 171 Å². The number of allylic oxidation sites excluding steroid dienone is 1. The van der Waals surface area contributed by atoms with E-state index < -0.39 is 9.84 Å². The third-order valence-electron chi connectivity index (χ3n) is 5.03. The first-order valence-corrected chi connectivity index (χ1v) is 11.5. The predicted molar refractivity (Wildman–Crippen MR) is 113 cm³/mol. The molecule has 0 bridgehead atoms. The van der Waals surface area contributed by atoms with Crippen molar-refractivity contribution in [3.05, 3.63) is 41.7 Å². The summed E-state index contributed by atoms with van der Waals surface area (Å²) in [7, 11) is -1.32. The fraction of sp³-hybridized carbons (Fsp3) is 0.474. The number of sulfone groups is 1. The van der Waals surface area contributed by atoms with E-state index in [0.29, 0.717) is 36.0 Å². The molecule has 0 amide bonds. The molecule has 1 saturated heterocycles. The molecule has 9 heteroatoms. The fourth-order valence-corrected chi connectivity index (χ4v) is 5.59. The van der Waals surface area contributed by atoms with Crippen molar-refractivity contribution in [2.24, 2.45) is 0 Å². The summed E-state index contributed by atoms with van der Waals surface area (Å²) >= 11 is 5.67. The number of methoxy groups -OCH3 is 1. The van der Waals surface area contributed by atoms with Crippen LogP contribution in [0.1, 0.15) is 13.3 Å². The van der Waals surface area contributed by atoms with Crippen LogP contribution in [-0.2, 0) is 23.1 Å². The van der Waals surface area contributed by atoms with E-state index in [2.05, 4.69) is 11.5 Å². The maximum Gasteiger partial charge on any atom is 0.199 e. The smallest absolute Gasteiger partial charge is 0.199 e. The van der Waals surface area contributed by atoms with Crippen LogP contribution in [0.25, 0.3) is 11.4 Å². The molecular weight excluding hydrogens is 396 g/mol. The number of benzene rings is 1. The highest BCUT2D eigenvalue weighted by Crippen LogP contribution is 2.29. The minimum Gasteiger partial charge on any atom is -0.496 e. The summed E-state index contributed by atoms with van der Waals surface area (Å²) in [6, 6.07) is 7.67. The van der Waals surface area contributed by atoms with Crippen LogP contribution >= 0.6 is 12.2 Å². The van der Waals surface area contributed by atoms with Gasteiger partial charge in [0.05, 0.1) is 30.8 Å². The van der Waals surface area contributed by atoms with Crippen molar-refractivity contribution >= 4 is 22.1 Å². The topological polar surface area (TPSA) is 69.4 Å². The van der Waals surface area contributed by atoms with Crippen molar-refractivity contribution in [1.29, 1.82) is 0 Å². The maximum atomic E-state index is 11.9. The number of nitrogens with zero attached hydrogens (tertiary/aromatic N) is 4. The lowest BCUT2D eigenvalue weighted by atomic mass is 10.2. The van der Waals surface area contributed by atoms with E-state index in [1.807, 2.05) is 35.8 Å². The summed E-state index contributed by atoms with van der Waals surface area (Å²) in [5, 5.41) is 4.76. The standard InChI is InChI=1S/C19H26N4O3S2/c1-4-11-22-18(16-8-6-7-9-17(16)26-3)20-23(19(22)27)14-21(5-2)15-10-12-28(24,25)13-15/h4,6-9,15H,1,5,10-14H2,2-3H3/t15-/m1/s1. The Morgan fingerprint density at radius 3 is 2.79 bits per heavy atom. The molecule has 0 spiro atoms. The molecule has 2 heterocycles. The Morgan fingerprint density at radius 2 is 2.18 bits per heavy atom. The molecule has 152 valence electrons. The molecule has 28 heavy (non-hydrogen) atoms. The van der Waals surface area contributed by atoms with Crippen LogP contribution < -0.4 is 4.74 Å². The van der Waals surface area contributed by atoms with Gasteiger partial charge >= 0.3 is 0 Å². The number of ether oxygens (including phenoxy) is 1. The molecule has 2 aromatic rings. The lowest BCUT2D eigenvalue weighted by molar-refractivity contribution is 0.164. The van der Waals surface area contributed by atoms with Gasteiger partial charge in [-0.25, -0.2) is 13.1 Å². The minimum absolute atomic E-state index is 0.00355. The summed E-state index contributed by atoms with van der Waals surface area (Å²) in [4.78, 5) is 2.12. The van der Waals surface area contributed by atoms with Gasteiger partial charge in [-0.1, -0.05) is 25.1 Å². The highest BCUT2D eigenvalue weighted by molar-refractivity contribution is 7.91. The van der Waals surface area contributed by atoms with Crippen molar-refractivity contribution in [3.8, 4) is 17.1 Å². The van der Waals surface area contributed by atoms with E-state index >= 15 is 0 Å². The second kappa shape index (κ2) is 8.59. The van der Waals surface area contributed by atoms with Crippen LogP contribution in [0.5, 0.6) is 5.75 Å². The molecule has 1 atom stereocenters. The lowest BCUT2D eigenvalue weighted by Gasteiger charge is -2.26. The normalized spacial score (nSPS) is 18.5. The van der Waals surface area contributed by atoms with Crippen molar-refractivity contribution in [2.45, 2.75) is 32.6 Å². The highest BCUT2D eigenvalue weighted by Gasteiger charge is 2.32. The quantitative estimate of drug-likeness (QED) is 0.481. The summed E-state index contributed by atoms with van der Waals surface area (Å²) < 4.78 is 33.5. The molecule has 0 saturated carbocycles. The number of hydrogen-bond donors (Lipinski definition) is 0. The zero-order valence-electron chi connectivity index (χ0n) is 16.2. The number of aromatic nitrogens is 3. The summed E-state index contributed by atoms with van der Waals surface area (Å²) in [6.45, 7) is 7.54. The van der Waals surface area contributed by atoms with E-state index in [9.17, 15) is 8.42 Å². The zero-order valence-corrected chi connectivity index (χ0v) is 17.9. The maximum absolute atomic E-state index is 11.9. The fourth-order valence-electron chi connectivity index (χ4n) is 3.56. The first-order chi connectivity index (χ1) is 13.4. The summed E-state index contributed by atoms with van der Waals surface area (Å²) in [6.07, 6.45) is 2.43. The summed E-state index contributed by atoms with van der Waals surface area (Å²) in [5.41, 5.74) is 0.850. The predicted octanol–water partition coefficient (Wildman–Crippen LogP) is 2.74. The van der Waals surface area contributed by atoms with Crippen LogP contribution in [-0.4, -0.2) is 58.9 Å². The Hall–Kier alpha value is -1.97. The largest absolute Gasteiger partial charge is 0.496 e. The molecular formula is C19H26N4O3S2. The lowest BCUT2D eigenvalue weighted by Crippen LogP contribution is -2.37. The average Bonchev–Trinajstić information content (AvgIpc) is 3.20. The van der Waals surface area contributed by atoms with Gasteiger partial charge in [-0.15, -0.1) is 6.58 Å². The van der Waals surface area contributed by atoms with Crippen LogP contribution in [0, 0.1) is 4.77 Å². The van der Waals surface area contributed by atoms with Gasteiger partial charge in [-0.2, -0.15) is 5.10 Å². The second-order valence-electron chi connectivity index (χ2n) is 6.81. The molecule has 1 aromatic heterocycles. The van der Waals surface area contributed by atoms with Gasteiger partial charge in [0.25, 0.3) is 0 Å². The Balaban J connectivity index is 1.98. The van der Waals surface area contributed by atoms with Crippen molar-refractivity contribution < 1.29 is 13.2 Å². The van der Waals surface area contributed by atoms with Crippen LogP contribution in [0.15, 0.2) is 36.9 Å². The zero-order chi connectivity index (χ0) is 20.3. The van der Waals surface area contributed by atoms with Crippen LogP contribution in [0.2, 0.25) is 0 Å². The first-order valence-electron chi connectivity index (χ1n) is 9.26. The Bertz CT molecular complexity index is 1010. The summed E-state index contributed by atoms with van der Waals surface area (Å²) in [5.74, 6) is 1.87. The van der Waals surface area contributed by atoms with E-state index in [1.54, 1.807) is 17.9 Å². The number of rotatable bonds is 8. The van der Waals surface area contributed by atoms with Gasteiger partial charge in [0.15, 0.2) is 20.4 Å². The van der Waals surface area contributed by atoms with E-state index in [4.69, 9.17) is 22.1 Å². The minimum atomic E-state index is -2.95. The molecule has 0 aliphatic carbocycles. The first kappa shape index (κ1) is 20.8. The van der Waals surface area contributed by atoms with E-state index in [0.717, 1.165) is 12.1 Å². The van der Waals surface area contributed by atoms with Crippen LogP contribution in [0.4, 0.5) is 0 Å². The molecule has 0 unspecified atom stereocenters. The highest BCUT2D eigenvalue weighted by atomic mass is 32.2. The molecule has 0 N–H and O–H groups in total. The van der Waals surface area contributed by atoms with Crippen molar-refractivity contribution in [2.75, 3.05) is 25.2 Å². The molecule has 3 rings (SSSR count). The van der Waals surface area contributed by atoms with Crippen molar-refractivity contribution in [3.63, 3.8) is 0 Å². The van der Waals surface area contributed by atoms with E-state index in [1.165, 1.54) is 0 Å². The van der Waals surface area contributed by atoms with Gasteiger partial charge in [-0.05, 0) is 37.3 Å². The third-order valence-corrected chi connectivity index (χ3v) is 7.21. The van der Waals surface area contributed by atoms with Gasteiger partial charge in [0.2, 0.25) is 0 Å². The van der Waals surface area contributed by atoms with Crippen molar-refractivity contribution in [1.82, 2.24) is 19.2 Å². The molecule has 1 aromatic carbocycles. The van der Waals surface area contributed by atoms with E-state index in [-0.39, 0.29) is 17.5 Å². The third kappa shape index (κ3) is 4.21. The van der Waals surface area contributed by atoms with Gasteiger partial charge in [0.1, 0.15) is 5.75 Å². The molecule has 1 fully saturated rings. The number of hydrogen-bond acceptors (Lipinski definition) is 6. The molecule has 1 aliphatic heterocycles. The SMILES string of the molecule is C=CCn1c(-c2ccccc2OC)nn(CN(CC)[C@@H]2CCS(=O)(=O)C2)c1=S. The Kier molecular flexibility index (Phi) is 6.36. The van der Waals surface area contributed by atoms with Gasteiger partial charge < -0.3 is 4.74 Å². The average molecular weight is 423 g/mol. The molecule has 1 aliphatic rings. The monoisotopic (exact) mass is 422 g/mol. The van der Waals surface area contributed by atoms with Crippen LogP contribution in [0.3, 0.4) is 0 Å². The second-order valence-corrected chi connectivity index (χ2v) is 9.40. The van der Waals surface area contributed by atoms with Gasteiger partial charge in [0, 0.05) is 12.6 Å². The van der Waals surface area contributed by atoms with Gasteiger partial charge in [-0.3, -0.25) is 9.47 Å². The Morgan fingerprint density at radius 1 is 1.43 bits per heavy atom. The molecule has 7 nitrogen and oxygen atoms in total. The molecule has 0 radical (unpaired) electrons.